The van der Waals surface area contributed by atoms with Crippen LogP contribution in [-0.2, 0) is 4.74 Å². The molecule has 2 aromatic carbocycles. The second-order valence-corrected chi connectivity index (χ2v) is 7.13. The first-order valence-corrected chi connectivity index (χ1v) is 8.87. The summed E-state index contributed by atoms with van der Waals surface area (Å²) in [6.45, 7) is 2.96. The Morgan fingerprint density at radius 3 is 2.88 bits per heavy atom. The summed E-state index contributed by atoms with van der Waals surface area (Å²) in [5, 5.41) is 4.45. The smallest absolute Gasteiger partial charge is 0.124 e. The Bertz CT molecular complexity index is 761. The van der Waals surface area contributed by atoms with Crippen LogP contribution in [0.25, 0.3) is 0 Å². The van der Waals surface area contributed by atoms with Crippen LogP contribution >= 0.6 is 11.6 Å². The summed E-state index contributed by atoms with van der Waals surface area (Å²) in [6.07, 6.45) is 2.35. The van der Waals surface area contributed by atoms with Crippen molar-refractivity contribution in [2.24, 2.45) is 5.92 Å². The second kappa shape index (κ2) is 6.30. The molecule has 1 saturated heterocycles. The van der Waals surface area contributed by atoms with Crippen molar-refractivity contribution >= 4 is 17.3 Å². The number of benzene rings is 2. The van der Waals surface area contributed by atoms with Gasteiger partial charge in [0.1, 0.15) is 5.75 Å². The van der Waals surface area contributed by atoms with E-state index in [0.29, 0.717) is 5.92 Å². The van der Waals surface area contributed by atoms with Crippen molar-refractivity contribution in [3.8, 4) is 5.75 Å². The maximum atomic E-state index is 6.27. The van der Waals surface area contributed by atoms with E-state index in [-0.39, 0.29) is 12.1 Å². The van der Waals surface area contributed by atoms with Crippen LogP contribution in [0.2, 0.25) is 5.02 Å². The van der Waals surface area contributed by atoms with E-state index in [4.69, 9.17) is 21.1 Å². The molecule has 0 saturated carbocycles. The molecule has 4 heteroatoms. The molecule has 0 aliphatic carbocycles. The highest BCUT2D eigenvalue weighted by molar-refractivity contribution is 6.30. The van der Waals surface area contributed by atoms with E-state index >= 15 is 0 Å². The third-order valence-electron chi connectivity index (χ3n) is 5.15. The molecule has 0 spiro atoms. The number of hydrogen-bond donors (Lipinski definition) is 1. The highest BCUT2D eigenvalue weighted by atomic mass is 35.5. The van der Waals surface area contributed by atoms with E-state index < -0.39 is 0 Å². The lowest BCUT2D eigenvalue weighted by Crippen LogP contribution is -2.36. The number of anilines is 1. The summed E-state index contributed by atoms with van der Waals surface area (Å²) in [5.41, 5.74) is 4.80. The Hall–Kier alpha value is -1.71. The van der Waals surface area contributed by atoms with Crippen LogP contribution in [-0.4, -0.2) is 13.7 Å². The van der Waals surface area contributed by atoms with Crippen molar-refractivity contribution in [3.63, 3.8) is 0 Å². The molecule has 0 bridgehead atoms. The van der Waals surface area contributed by atoms with E-state index in [1.807, 2.05) is 18.2 Å². The molecule has 4 rings (SSSR count). The summed E-state index contributed by atoms with van der Waals surface area (Å²) in [7, 11) is 1.71. The van der Waals surface area contributed by atoms with Crippen molar-refractivity contribution < 1.29 is 9.47 Å². The normalized spacial score (nSPS) is 25.4. The number of methoxy groups -OCH3 is 1. The number of ether oxygens (including phenoxy) is 2. The van der Waals surface area contributed by atoms with Gasteiger partial charge in [-0.2, -0.15) is 0 Å². The first kappa shape index (κ1) is 15.8. The lowest BCUT2D eigenvalue weighted by atomic mass is 9.77. The fourth-order valence-corrected chi connectivity index (χ4v) is 4.23. The Morgan fingerprint density at radius 2 is 2.04 bits per heavy atom. The van der Waals surface area contributed by atoms with Crippen LogP contribution in [0, 0.1) is 12.8 Å². The van der Waals surface area contributed by atoms with E-state index in [2.05, 4.69) is 30.4 Å². The van der Waals surface area contributed by atoms with Gasteiger partial charge in [0, 0.05) is 34.4 Å². The molecule has 2 aromatic rings. The number of rotatable bonds is 2. The quantitative estimate of drug-likeness (QED) is 0.803. The zero-order valence-corrected chi connectivity index (χ0v) is 14.8. The molecule has 1 fully saturated rings. The highest BCUT2D eigenvalue weighted by Gasteiger charge is 2.40. The zero-order chi connectivity index (χ0) is 16.7. The van der Waals surface area contributed by atoms with Gasteiger partial charge in [0.15, 0.2) is 0 Å². The summed E-state index contributed by atoms with van der Waals surface area (Å²) >= 11 is 6.27. The lowest BCUT2D eigenvalue weighted by molar-refractivity contribution is -0.0383. The van der Waals surface area contributed by atoms with Gasteiger partial charge in [-0.15, -0.1) is 0 Å². The fraction of sp³-hybridized carbons (Fsp3) is 0.400. The van der Waals surface area contributed by atoms with Crippen LogP contribution in [0.3, 0.4) is 0 Å². The molecule has 0 aromatic heterocycles. The first-order chi connectivity index (χ1) is 11.7. The number of aryl methyl sites for hydroxylation is 1. The molecule has 1 N–H and O–H groups in total. The summed E-state index contributed by atoms with van der Waals surface area (Å²) in [6, 6.07) is 12.5. The van der Waals surface area contributed by atoms with E-state index in [0.717, 1.165) is 41.5 Å². The van der Waals surface area contributed by atoms with E-state index in [1.165, 1.54) is 11.1 Å². The van der Waals surface area contributed by atoms with Crippen molar-refractivity contribution in [3.05, 3.63) is 58.1 Å². The van der Waals surface area contributed by atoms with Gasteiger partial charge >= 0.3 is 0 Å². The molecule has 2 aliphatic rings. The maximum absolute atomic E-state index is 6.27. The number of fused-ring (bicyclic) bond motifs is 3. The minimum atomic E-state index is 0.128. The van der Waals surface area contributed by atoms with Gasteiger partial charge in [-0.05, 0) is 44.0 Å². The van der Waals surface area contributed by atoms with Crippen LogP contribution in [0.15, 0.2) is 36.4 Å². The van der Waals surface area contributed by atoms with Crippen LogP contribution < -0.4 is 10.1 Å². The highest BCUT2D eigenvalue weighted by Crippen LogP contribution is 2.50. The van der Waals surface area contributed by atoms with E-state index in [9.17, 15) is 0 Å². The van der Waals surface area contributed by atoms with Gasteiger partial charge in [0.05, 0.1) is 19.3 Å². The number of hydrogen-bond acceptors (Lipinski definition) is 3. The third-order valence-corrected chi connectivity index (χ3v) is 5.38. The van der Waals surface area contributed by atoms with Crippen molar-refractivity contribution in [2.45, 2.75) is 31.9 Å². The molecule has 3 atom stereocenters. The Labute approximate surface area is 147 Å². The van der Waals surface area contributed by atoms with Crippen molar-refractivity contribution in [1.29, 1.82) is 0 Å². The summed E-state index contributed by atoms with van der Waals surface area (Å²) in [5.74, 6) is 1.25. The SMILES string of the molecule is COc1ccc(Cl)cc1[C@@H]1Nc2ccc(C)cc2[C@H]2OCCC[C@H]21. The molecule has 2 heterocycles. The van der Waals surface area contributed by atoms with Gasteiger partial charge in [-0.25, -0.2) is 0 Å². The summed E-state index contributed by atoms with van der Waals surface area (Å²) in [4.78, 5) is 0. The lowest BCUT2D eigenvalue weighted by Gasteiger charge is -2.43. The molecule has 0 amide bonds. The average molecular weight is 344 g/mol. The molecule has 126 valence electrons. The topological polar surface area (TPSA) is 30.5 Å². The van der Waals surface area contributed by atoms with Gasteiger partial charge < -0.3 is 14.8 Å². The second-order valence-electron chi connectivity index (χ2n) is 6.70. The molecular weight excluding hydrogens is 322 g/mol. The van der Waals surface area contributed by atoms with Crippen LogP contribution in [0.1, 0.15) is 41.7 Å². The predicted octanol–water partition coefficient (Wildman–Crippen LogP) is 5.29. The van der Waals surface area contributed by atoms with Crippen molar-refractivity contribution in [2.75, 3.05) is 19.0 Å². The summed E-state index contributed by atoms with van der Waals surface area (Å²) < 4.78 is 11.8. The first-order valence-electron chi connectivity index (χ1n) is 8.49. The van der Waals surface area contributed by atoms with Gasteiger partial charge in [-0.3, -0.25) is 0 Å². The monoisotopic (exact) mass is 343 g/mol. The Balaban J connectivity index is 1.82. The minimum absolute atomic E-state index is 0.128. The maximum Gasteiger partial charge on any atom is 0.124 e. The van der Waals surface area contributed by atoms with Crippen LogP contribution in [0.5, 0.6) is 5.75 Å². The Kier molecular flexibility index (Phi) is 4.15. The predicted molar refractivity (Wildman–Crippen MR) is 97.0 cm³/mol. The number of halogens is 1. The molecule has 24 heavy (non-hydrogen) atoms. The number of nitrogens with one attached hydrogen (secondary N) is 1. The molecule has 2 aliphatic heterocycles. The van der Waals surface area contributed by atoms with Gasteiger partial charge in [-0.1, -0.05) is 29.3 Å². The molecule has 3 nitrogen and oxygen atoms in total. The van der Waals surface area contributed by atoms with Crippen molar-refractivity contribution in [1.82, 2.24) is 0 Å². The minimum Gasteiger partial charge on any atom is -0.496 e. The average Bonchev–Trinajstić information content (AvgIpc) is 2.61. The van der Waals surface area contributed by atoms with E-state index in [1.54, 1.807) is 7.11 Å². The molecule has 0 radical (unpaired) electrons. The molecule has 0 unspecified atom stereocenters. The molecular formula is C20H22ClNO2. The van der Waals surface area contributed by atoms with Crippen LogP contribution in [0.4, 0.5) is 5.69 Å². The van der Waals surface area contributed by atoms with Gasteiger partial charge in [0.25, 0.3) is 0 Å². The van der Waals surface area contributed by atoms with Gasteiger partial charge in [0.2, 0.25) is 0 Å². The Morgan fingerprint density at radius 1 is 1.17 bits per heavy atom. The fourth-order valence-electron chi connectivity index (χ4n) is 4.05. The standard InChI is InChI=1S/C20H22ClNO2/c1-12-5-7-17-15(10-12)20-14(4-3-9-24-20)19(22-17)16-11-13(21)6-8-18(16)23-2/h5-8,10-11,14,19-20,22H,3-4,9H2,1-2H3/t14-,19+,20-/m0/s1. The largest absolute Gasteiger partial charge is 0.496 e. The zero-order valence-electron chi connectivity index (χ0n) is 14.0. The third kappa shape index (κ3) is 2.66.